The Kier molecular flexibility index (Phi) is 4.39. The molecule has 0 radical (unpaired) electrons. The van der Waals surface area contributed by atoms with Crippen molar-refractivity contribution >= 4 is 27.5 Å². The first kappa shape index (κ1) is 12.0. The van der Waals surface area contributed by atoms with Crippen molar-refractivity contribution in [1.29, 1.82) is 0 Å². The van der Waals surface area contributed by atoms with Gasteiger partial charge in [0, 0.05) is 15.4 Å². The summed E-state index contributed by atoms with van der Waals surface area (Å²) in [6.07, 6.45) is 0.628. The molecule has 1 rings (SSSR count). The molecule has 0 aliphatic carbocycles. The van der Waals surface area contributed by atoms with Crippen LogP contribution in [0, 0.1) is 11.7 Å². The predicted octanol–water partition coefficient (Wildman–Crippen LogP) is 4.44. The highest BCUT2D eigenvalue weighted by Crippen LogP contribution is 2.25. The Morgan fingerprint density at radius 1 is 1.43 bits per heavy atom. The van der Waals surface area contributed by atoms with Crippen molar-refractivity contribution in [3.63, 3.8) is 0 Å². The average molecular weight is 280 g/mol. The number of halogens is 3. The SMILES string of the molecule is CC(C)C(Br)Cc1c(F)cccc1Cl. The third kappa shape index (κ3) is 2.96. The van der Waals surface area contributed by atoms with Crippen molar-refractivity contribution in [2.24, 2.45) is 5.92 Å². The fourth-order valence-corrected chi connectivity index (χ4v) is 1.72. The molecule has 1 unspecified atom stereocenters. The minimum Gasteiger partial charge on any atom is -0.207 e. The molecule has 0 saturated carbocycles. The molecule has 0 nitrogen and oxygen atoms in total. The molecule has 0 N–H and O–H groups in total. The third-order valence-electron chi connectivity index (χ3n) is 2.18. The minimum atomic E-state index is -0.220. The fourth-order valence-electron chi connectivity index (χ4n) is 1.16. The molecule has 0 bridgehead atoms. The van der Waals surface area contributed by atoms with E-state index in [2.05, 4.69) is 29.8 Å². The standard InChI is InChI=1S/C11H13BrClF/c1-7(2)9(12)6-8-10(13)4-3-5-11(8)14/h3-5,7,9H,6H2,1-2H3. The van der Waals surface area contributed by atoms with Crippen LogP contribution in [0.25, 0.3) is 0 Å². The van der Waals surface area contributed by atoms with Crippen LogP contribution >= 0.6 is 27.5 Å². The van der Waals surface area contributed by atoms with E-state index in [1.807, 2.05) is 0 Å². The zero-order valence-corrected chi connectivity index (χ0v) is 10.6. The molecule has 0 heterocycles. The molecule has 0 aromatic heterocycles. The maximum atomic E-state index is 13.4. The molecule has 0 aliphatic rings. The Labute approximate surface area is 97.6 Å². The Balaban J connectivity index is 2.85. The van der Waals surface area contributed by atoms with Gasteiger partial charge in [0.15, 0.2) is 0 Å². The number of hydrogen-bond acceptors (Lipinski definition) is 0. The Bertz CT molecular complexity index is 292. The van der Waals surface area contributed by atoms with Gasteiger partial charge in [-0.1, -0.05) is 47.4 Å². The second kappa shape index (κ2) is 5.13. The van der Waals surface area contributed by atoms with Crippen LogP contribution in [0.2, 0.25) is 5.02 Å². The van der Waals surface area contributed by atoms with E-state index >= 15 is 0 Å². The van der Waals surface area contributed by atoms with E-state index in [4.69, 9.17) is 11.6 Å². The van der Waals surface area contributed by atoms with E-state index in [1.54, 1.807) is 12.1 Å². The fraction of sp³-hybridized carbons (Fsp3) is 0.455. The second-order valence-corrected chi connectivity index (χ2v) is 5.25. The predicted molar refractivity (Wildman–Crippen MR) is 62.7 cm³/mol. The minimum absolute atomic E-state index is 0.220. The van der Waals surface area contributed by atoms with Gasteiger partial charge in [0.25, 0.3) is 0 Å². The lowest BCUT2D eigenvalue weighted by molar-refractivity contribution is 0.574. The summed E-state index contributed by atoms with van der Waals surface area (Å²) in [5, 5.41) is 0.509. The number of alkyl halides is 1. The zero-order chi connectivity index (χ0) is 10.7. The van der Waals surface area contributed by atoms with Crippen molar-refractivity contribution < 1.29 is 4.39 Å². The summed E-state index contributed by atoms with van der Waals surface area (Å²) in [5.41, 5.74) is 0.602. The van der Waals surface area contributed by atoms with Gasteiger partial charge in [0.2, 0.25) is 0 Å². The normalized spacial score (nSPS) is 13.3. The summed E-state index contributed by atoms with van der Waals surface area (Å²) in [4.78, 5) is 0.261. The van der Waals surface area contributed by atoms with Gasteiger partial charge in [-0.05, 0) is 24.5 Å². The first-order valence-corrected chi connectivity index (χ1v) is 5.88. The van der Waals surface area contributed by atoms with E-state index in [9.17, 15) is 4.39 Å². The molecule has 78 valence electrons. The topological polar surface area (TPSA) is 0 Å². The van der Waals surface area contributed by atoms with Crippen LogP contribution in [0.1, 0.15) is 19.4 Å². The van der Waals surface area contributed by atoms with Gasteiger partial charge in [-0.25, -0.2) is 4.39 Å². The van der Waals surface area contributed by atoms with Crippen molar-refractivity contribution in [1.82, 2.24) is 0 Å². The van der Waals surface area contributed by atoms with Crippen molar-refractivity contribution in [3.05, 3.63) is 34.6 Å². The lowest BCUT2D eigenvalue weighted by atomic mass is 10.0. The van der Waals surface area contributed by atoms with Gasteiger partial charge in [-0.15, -0.1) is 0 Å². The highest BCUT2D eigenvalue weighted by atomic mass is 79.9. The molecular weight excluding hydrogens is 266 g/mol. The van der Waals surface area contributed by atoms with Gasteiger partial charge >= 0.3 is 0 Å². The van der Waals surface area contributed by atoms with Crippen LogP contribution in [0.4, 0.5) is 4.39 Å². The van der Waals surface area contributed by atoms with E-state index in [0.717, 1.165) is 0 Å². The number of rotatable bonds is 3. The Morgan fingerprint density at radius 3 is 2.57 bits per heavy atom. The largest absolute Gasteiger partial charge is 0.207 e. The van der Waals surface area contributed by atoms with Crippen molar-refractivity contribution in [2.75, 3.05) is 0 Å². The summed E-state index contributed by atoms with van der Waals surface area (Å²) in [5.74, 6) is 0.244. The molecule has 1 aromatic carbocycles. The van der Waals surface area contributed by atoms with Gasteiger partial charge in [0.1, 0.15) is 5.82 Å². The van der Waals surface area contributed by atoms with Crippen LogP contribution in [-0.4, -0.2) is 4.83 Å². The lowest BCUT2D eigenvalue weighted by Gasteiger charge is -2.14. The van der Waals surface area contributed by atoms with Gasteiger partial charge in [0.05, 0.1) is 0 Å². The monoisotopic (exact) mass is 278 g/mol. The summed E-state index contributed by atoms with van der Waals surface area (Å²) in [6, 6.07) is 4.79. The molecule has 0 fully saturated rings. The molecule has 0 saturated heterocycles. The molecule has 1 aromatic rings. The van der Waals surface area contributed by atoms with E-state index in [1.165, 1.54) is 6.07 Å². The van der Waals surface area contributed by atoms with E-state index < -0.39 is 0 Å². The molecule has 1 atom stereocenters. The van der Waals surface area contributed by atoms with Gasteiger partial charge < -0.3 is 0 Å². The zero-order valence-electron chi connectivity index (χ0n) is 8.23. The average Bonchev–Trinajstić information content (AvgIpc) is 2.11. The lowest BCUT2D eigenvalue weighted by Crippen LogP contribution is -2.11. The first-order chi connectivity index (χ1) is 6.52. The Morgan fingerprint density at radius 2 is 2.07 bits per heavy atom. The Hall–Kier alpha value is -0.0800. The summed E-state index contributed by atoms with van der Waals surface area (Å²) >= 11 is 9.44. The van der Waals surface area contributed by atoms with Gasteiger partial charge in [-0.3, -0.25) is 0 Å². The van der Waals surface area contributed by atoms with Crippen LogP contribution in [0.3, 0.4) is 0 Å². The maximum absolute atomic E-state index is 13.4. The number of hydrogen-bond donors (Lipinski definition) is 0. The molecule has 0 spiro atoms. The van der Waals surface area contributed by atoms with Crippen molar-refractivity contribution in [3.8, 4) is 0 Å². The molecular formula is C11H13BrClF. The smallest absolute Gasteiger partial charge is 0.127 e. The summed E-state index contributed by atoms with van der Waals surface area (Å²) in [7, 11) is 0. The van der Waals surface area contributed by atoms with Crippen LogP contribution in [0.15, 0.2) is 18.2 Å². The van der Waals surface area contributed by atoms with Crippen LogP contribution < -0.4 is 0 Å². The van der Waals surface area contributed by atoms with Crippen LogP contribution in [0.5, 0.6) is 0 Å². The molecule has 0 amide bonds. The summed E-state index contributed by atoms with van der Waals surface area (Å²) < 4.78 is 13.4. The third-order valence-corrected chi connectivity index (χ3v) is 3.92. The number of benzene rings is 1. The molecule has 3 heteroatoms. The maximum Gasteiger partial charge on any atom is 0.127 e. The van der Waals surface area contributed by atoms with E-state index in [0.29, 0.717) is 22.9 Å². The van der Waals surface area contributed by atoms with Crippen LogP contribution in [-0.2, 0) is 6.42 Å². The van der Waals surface area contributed by atoms with E-state index in [-0.39, 0.29) is 10.6 Å². The van der Waals surface area contributed by atoms with Gasteiger partial charge in [-0.2, -0.15) is 0 Å². The molecule has 0 aliphatic heterocycles. The quantitative estimate of drug-likeness (QED) is 0.718. The second-order valence-electron chi connectivity index (χ2n) is 3.66. The molecule has 14 heavy (non-hydrogen) atoms. The van der Waals surface area contributed by atoms with Crippen molar-refractivity contribution in [2.45, 2.75) is 25.1 Å². The summed E-state index contributed by atoms with van der Waals surface area (Å²) in [6.45, 7) is 4.18. The highest BCUT2D eigenvalue weighted by Gasteiger charge is 2.14. The highest BCUT2D eigenvalue weighted by molar-refractivity contribution is 9.09. The first-order valence-electron chi connectivity index (χ1n) is 4.59.